The van der Waals surface area contributed by atoms with Crippen molar-refractivity contribution in [2.75, 3.05) is 46.1 Å². The van der Waals surface area contributed by atoms with E-state index in [-0.39, 0.29) is 24.0 Å². The Morgan fingerprint density at radius 2 is 2.17 bits per heavy atom. The summed E-state index contributed by atoms with van der Waals surface area (Å²) in [6.07, 6.45) is 5.41. The minimum Gasteiger partial charge on any atom is -0.380 e. The summed E-state index contributed by atoms with van der Waals surface area (Å²) in [5.41, 5.74) is 1.48. The van der Waals surface area contributed by atoms with Gasteiger partial charge in [-0.25, -0.2) is 0 Å². The van der Waals surface area contributed by atoms with Gasteiger partial charge in [-0.15, -0.1) is 24.0 Å². The summed E-state index contributed by atoms with van der Waals surface area (Å²) in [5, 5.41) is 6.65. The molecule has 0 aromatic carbocycles. The number of rotatable bonds is 10. The molecule has 0 aromatic heterocycles. The van der Waals surface area contributed by atoms with Crippen molar-refractivity contribution >= 4 is 29.9 Å². The molecular weight excluding hydrogens is 405 g/mol. The minimum atomic E-state index is 0. The number of nitrogens with one attached hydrogen (secondary N) is 2. The maximum Gasteiger partial charge on any atom is 0.191 e. The van der Waals surface area contributed by atoms with Crippen molar-refractivity contribution in [3.8, 4) is 0 Å². The molecule has 0 atom stereocenters. The highest BCUT2D eigenvalue weighted by Crippen LogP contribution is 2.10. The van der Waals surface area contributed by atoms with Crippen LogP contribution in [0.5, 0.6) is 0 Å². The highest BCUT2D eigenvalue weighted by Gasteiger charge is 2.04. The summed E-state index contributed by atoms with van der Waals surface area (Å²) >= 11 is 0. The van der Waals surface area contributed by atoms with E-state index in [1.807, 2.05) is 0 Å². The molecule has 1 aliphatic heterocycles. The van der Waals surface area contributed by atoms with Gasteiger partial charge < -0.3 is 20.1 Å². The van der Waals surface area contributed by atoms with Crippen molar-refractivity contribution in [2.24, 2.45) is 10.9 Å². The van der Waals surface area contributed by atoms with Crippen LogP contribution < -0.4 is 10.6 Å². The molecule has 6 heteroatoms. The monoisotopic (exact) mass is 439 g/mol. The highest BCUT2D eigenvalue weighted by atomic mass is 127. The van der Waals surface area contributed by atoms with Crippen molar-refractivity contribution in [3.05, 3.63) is 11.6 Å². The van der Waals surface area contributed by atoms with E-state index < -0.39 is 0 Å². The van der Waals surface area contributed by atoms with E-state index in [0.29, 0.717) is 19.1 Å². The minimum absolute atomic E-state index is 0. The predicted octanol–water partition coefficient (Wildman–Crippen LogP) is 2.96. The number of ether oxygens (including phenoxy) is 2. The SMILES string of the molecule is CCNC(=NCCOCCC(C)C)NCCC1=CCOCC1.I. The van der Waals surface area contributed by atoms with Crippen molar-refractivity contribution < 1.29 is 9.47 Å². The van der Waals surface area contributed by atoms with Gasteiger partial charge in [0, 0.05) is 19.7 Å². The molecule has 0 saturated heterocycles. The third-order valence-corrected chi connectivity index (χ3v) is 3.49. The summed E-state index contributed by atoms with van der Waals surface area (Å²) in [6, 6.07) is 0. The molecule has 23 heavy (non-hydrogen) atoms. The fourth-order valence-electron chi connectivity index (χ4n) is 2.12. The number of nitrogens with zero attached hydrogens (tertiary/aromatic N) is 1. The molecule has 0 unspecified atom stereocenters. The molecule has 5 nitrogen and oxygen atoms in total. The topological polar surface area (TPSA) is 54.9 Å². The first-order chi connectivity index (χ1) is 10.7. The standard InChI is InChI=1S/C17H33N3O2.HI/c1-4-18-17(20-10-14-22-11-6-15(2)3)19-9-5-16-7-12-21-13-8-16;/h7,15H,4-6,8-14H2,1-3H3,(H2,18,19,20);1H. The second-order valence-electron chi connectivity index (χ2n) is 5.92. The van der Waals surface area contributed by atoms with Gasteiger partial charge in [0.2, 0.25) is 0 Å². The maximum absolute atomic E-state index is 5.59. The first kappa shape index (κ1) is 22.7. The number of aliphatic imine (C=N–C) groups is 1. The van der Waals surface area contributed by atoms with Crippen LogP contribution in [0.25, 0.3) is 0 Å². The van der Waals surface area contributed by atoms with Gasteiger partial charge in [-0.1, -0.05) is 25.5 Å². The Hall–Kier alpha value is -0.340. The van der Waals surface area contributed by atoms with Gasteiger partial charge in [0.25, 0.3) is 0 Å². The predicted molar refractivity (Wildman–Crippen MR) is 108 cm³/mol. The average molecular weight is 439 g/mol. The molecule has 0 fully saturated rings. The lowest BCUT2D eigenvalue weighted by atomic mass is 10.1. The van der Waals surface area contributed by atoms with Crippen molar-refractivity contribution in [1.29, 1.82) is 0 Å². The summed E-state index contributed by atoms with van der Waals surface area (Å²) < 4.78 is 10.9. The summed E-state index contributed by atoms with van der Waals surface area (Å²) in [6.45, 7) is 12.1. The average Bonchev–Trinajstić information content (AvgIpc) is 2.51. The van der Waals surface area contributed by atoms with Crippen LogP contribution in [-0.4, -0.2) is 52.0 Å². The zero-order valence-electron chi connectivity index (χ0n) is 14.9. The largest absolute Gasteiger partial charge is 0.380 e. The lowest BCUT2D eigenvalue weighted by Gasteiger charge is -2.15. The Labute approximate surface area is 158 Å². The number of hydrogen-bond donors (Lipinski definition) is 2. The van der Waals surface area contributed by atoms with Crippen LogP contribution in [0.3, 0.4) is 0 Å². The highest BCUT2D eigenvalue weighted by molar-refractivity contribution is 14.0. The fourth-order valence-corrected chi connectivity index (χ4v) is 2.12. The van der Waals surface area contributed by atoms with Crippen molar-refractivity contribution in [2.45, 2.75) is 40.0 Å². The van der Waals surface area contributed by atoms with Crippen LogP contribution in [0.2, 0.25) is 0 Å². The molecule has 0 bridgehead atoms. The molecule has 0 amide bonds. The van der Waals surface area contributed by atoms with Crippen molar-refractivity contribution in [1.82, 2.24) is 10.6 Å². The lowest BCUT2D eigenvalue weighted by Crippen LogP contribution is -2.38. The first-order valence-electron chi connectivity index (χ1n) is 8.58. The Kier molecular flexibility index (Phi) is 15.0. The van der Waals surface area contributed by atoms with E-state index in [1.54, 1.807) is 0 Å². The van der Waals surface area contributed by atoms with E-state index in [1.165, 1.54) is 5.57 Å². The van der Waals surface area contributed by atoms with E-state index >= 15 is 0 Å². The van der Waals surface area contributed by atoms with Crippen LogP contribution in [-0.2, 0) is 9.47 Å². The van der Waals surface area contributed by atoms with Crippen LogP contribution in [0.4, 0.5) is 0 Å². The Morgan fingerprint density at radius 3 is 2.83 bits per heavy atom. The molecule has 0 saturated carbocycles. The molecule has 1 aliphatic rings. The number of hydrogen-bond acceptors (Lipinski definition) is 3. The van der Waals surface area contributed by atoms with E-state index in [2.05, 4.69) is 42.5 Å². The lowest BCUT2D eigenvalue weighted by molar-refractivity contribution is 0.130. The van der Waals surface area contributed by atoms with Gasteiger partial charge >= 0.3 is 0 Å². The Bertz CT molecular complexity index is 347. The van der Waals surface area contributed by atoms with Crippen LogP contribution in [0.1, 0.15) is 40.0 Å². The molecule has 0 aliphatic carbocycles. The van der Waals surface area contributed by atoms with Gasteiger partial charge in [0.15, 0.2) is 5.96 Å². The third-order valence-electron chi connectivity index (χ3n) is 3.49. The smallest absolute Gasteiger partial charge is 0.191 e. The fraction of sp³-hybridized carbons (Fsp3) is 0.824. The second kappa shape index (κ2) is 15.2. The van der Waals surface area contributed by atoms with Gasteiger partial charge in [-0.05, 0) is 32.1 Å². The van der Waals surface area contributed by atoms with Crippen LogP contribution in [0, 0.1) is 5.92 Å². The maximum atomic E-state index is 5.59. The third kappa shape index (κ3) is 12.7. The van der Waals surface area contributed by atoms with Gasteiger partial charge in [0.05, 0.1) is 26.4 Å². The molecule has 0 aromatic rings. The van der Waals surface area contributed by atoms with Crippen molar-refractivity contribution in [3.63, 3.8) is 0 Å². The van der Waals surface area contributed by atoms with E-state index in [9.17, 15) is 0 Å². The first-order valence-corrected chi connectivity index (χ1v) is 8.58. The zero-order valence-corrected chi connectivity index (χ0v) is 17.2. The molecule has 0 spiro atoms. The Morgan fingerprint density at radius 1 is 1.35 bits per heavy atom. The van der Waals surface area contributed by atoms with E-state index in [0.717, 1.165) is 58.1 Å². The molecule has 1 rings (SSSR count). The van der Waals surface area contributed by atoms with E-state index in [4.69, 9.17) is 9.47 Å². The van der Waals surface area contributed by atoms with Gasteiger partial charge in [-0.2, -0.15) is 0 Å². The number of guanidine groups is 1. The Balaban J connectivity index is 0.00000484. The molecule has 1 heterocycles. The molecule has 0 radical (unpaired) electrons. The molecule has 136 valence electrons. The zero-order chi connectivity index (χ0) is 16.0. The van der Waals surface area contributed by atoms with Gasteiger partial charge in [-0.3, -0.25) is 4.99 Å². The van der Waals surface area contributed by atoms with Crippen LogP contribution >= 0.6 is 24.0 Å². The van der Waals surface area contributed by atoms with Gasteiger partial charge in [0.1, 0.15) is 0 Å². The molecule has 2 N–H and O–H groups in total. The summed E-state index contributed by atoms with van der Waals surface area (Å²) in [4.78, 5) is 4.54. The summed E-state index contributed by atoms with van der Waals surface area (Å²) in [5.74, 6) is 1.57. The second-order valence-corrected chi connectivity index (χ2v) is 5.92. The normalized spacial score (nSPS) is 15.1. The van der Waals surface area contributed by atoms with Crippen LogP contribution in [0.15, 0.2) is 16.6 Å². The number of halogens is 1. The molecular formula is C17H34IN3O2. The summed E-state index contributed by atoms with van der Waals surface area (Å²) in [7, 11) is 0. The quantitative estimate of drug-likeness (QED) is 0.181.